The first-order chi connectivity index (χ1) is 9.15. The van der Waals surface area contributed by atoms with Gasteiger partial charge in [0.25, 0.3) is 0 Å². The summed E-state index contributed by atoms with van der Waals surface area (Å²) in [4.78, 5) is 12.0. The lowest BCUT2D eigenvalue weighted by Crippen LogP contribution is -2.44. The van der Waals surface area contributed by atoms with Gasteiger partial charge >= 0.3 is 0 Å². The number of amides is 1. The maximum absolute atomic E-state index is 12.0. The molecular formula is C16H24N2O. The molecule has 0 heterocycles. The minimum absolute atomic E-state index is 0.00929. The summed E-state index contributed by atoms with van der Waals surface area (Å²) < 4.78 is 0. The molecule has 0 aromatic heterocycles. The van der Waals surface area contributed by atoms with Crippen molar-refractivity contribution in [1.29, 1.82) is 0 Å². The number of nitrogens with two attached hydrogens (primary N) is 1. The zero-order valence-electron chi connectivity index (χ0n) is 11.6. The third-order valence-corrected chi connectivity index (χ3v) is 3.96. The Morgan fingerprint density at radius 2 is 2.11 bits per heavy atom. The highest BCUT2D eigenvalue weighted by Crippen LogP contribution is 2.24. The molecule has 1 aliphatic rings. The number of rotatable bonds is 5. The van der Waals surface area contributed by atoms with E-state index in [0.717, 1.165) is 25.2 Å². The van der Waals surface area contributed by atoms with Crippen molar-refractivity contribution in [2.45, 2.75) is 51.1 Å². The predicted molar refractivity (Wildman–Crippen MR) is 77.7 cm³/mol. The van der Waals surface area contributed by atoms with E-state index < -0.39 is 6.04 Å². The Kier molecular flexibility index (Phi) is 4.97. The Bertz CT molecular complexity index is 404. The van der Waals surface area contributed by atoms with Crippen LogP contribution < -0.4 is 11.1 Å². The summed E-state index contributed by atoms with van der Waals surface area (Å²) >= 11 is 0. The monoisotopic (exact) mass is 260 g/mol. The molecule has 1 aromatic carbocycles. The largest absolute Gasteiger partial charge is 0.352 e. The van der Waals surface area contributed by atoms with Crippen molar-refractivity contribution in [3.8, 4) is 0 Å². The van der Waals surface area contributed by atoms with Gasteiger partial charge in [0.2, 0.25) is 5.91 Å². The summed E-state index contributed by atoms with van der Waals surface area (Å²) in [6, 6.07) is 10.1. The van der Waals surface area contributed by atoms with Crippen LogP contribution in [0.25, 0.3) is 0 Å². The Hall–Kier alpha value is -1.35. The van der Waals surface area contributed by atoms with Gasteiger partial charge in [-0.25, -0.2) is 0 Å². The molecule has 1 saturated carbocycles. The second kappa shape index (κ2) is 6.71. The second-order valence-electron chi connectivity index (χ2n) is 5.75. The van der Waals surface area contributed by atoms with Crippen molar-refractivity contribution in [3.63, 3.8) is 0 Å². The van der Waals surface area contributed by atoms with Crippen LogP contribution in [0.4, 0.5) is 0 Å². The maximum Gasteiger partial charge on any atom is 0.237 e. The summed E-state index contributed by atoms with van der Waals surface area (Å²) in [6.45, 7) is 2.24. The van der Waals surface area contributed by atoms with Crippen LogP contribution in [0, 0.1) is 5.92 Å². The van der Waals surface area contributed by atoms with Crippen molar-refractivity contribution < 1.29 is 4.79 Å². The second-order valence-corrected chi connectivity index (χ2v) is 5.75. The van der Waals surface area contributed by atoms with E-state index in [0.29, 0.717) is 12.5 Å². The molecule has 0 saturated heterocycles. The van der Waals surface area contributed by atoms with Crippen LogP contribution in [0.5, 0.6) is 0 Å². The van der Waals surface area contributed by atoms with Crippen molar-refractivity contribution in [2.75, 3.05) is 0 Å². The highest BCUT2D eigenvalue weighted by Gasteiger charge is 2.24. The Morgan fingerprint density at radius 3 is 2.74 bits per heavy atom. The summed E-state index contributed by atoms with van der Waals surface area (Å²) in [5, 5.41) is 3.08. The van der Waals surface area contributed by atoms with Gasteiger partial charge in [0.05, 0.1) is 6.04 Å². The van der Waals surface area contributed by atoms with E-state index in [-0.39, 0.29) is 5.91 Å². The van der Waals surface area contributed by atoms with Crippen LogP contribution >= 0.6 is 0 Å². The van der Waals surface area contributed by atoms with E-state index >= 15 is 0 Å². The molecule has 1 fully saturated rings. The van der Waals surface area contributed by atoms with E-state index in [1.54, 1.807) is 0 Å². The number of hydrogen-bond acceptors (Lipinski definition) is 2. The third-order valence-electron chi connectivity index (χ3n) is 3.96. The summed E-state index contributed by atoms with van der Waals surface area (Å²) in [5.74, 6) is 0.737. The lowest BCUT2D eigenvalue weighted by Gasteiger charge is -2.16. The van der Waals surface area contributed by atoms with Crippen LogP contribution in [0.2, 0.25) is 0 Å². The number of hydrogen-bond donors (Lipinski definition) is 2. The lowest BCUT2D eigenvalue weighted by atomic mass is 10.0. The average Bonchev–Trinajstić information content (AvgIpc) is 2.82. The molecule has 0 bridgehead atoms. The average molecular weight is 260 g/mol. The molecule has 1 amide bonds. The highest BCUT2D eigenvalue weighted by atomic mass is 16.2. The quantitative estimate of drug-likeness (QED) is 0.853. The van der Waals surface area contributed by atoms with Crippen molar-refractivity contribution >= 4 is 5.91 Å². The van der Waals surface area contributed by atoms with E-state index in [4.69, 9.17) is 5.73 Å². The zero-order valence-corrected chi connectivity index (χ0v) is 11.6. The number of benzene rings is 1. The topological polar surface area (TPSA) is 55.1 Å². The van der Waals surface area contributed by atoms with Gasteiger partial charge in [-0.1, -0.05) is 37.3 Å². The SMILES string of the molecule is CC1CCC(NC(=O)[C@@H](N)CCc2ccccc2)C1. The number of aryl methyl sites for hydroxylation is 1. The molecule has 0 spiro atoms. The molecule has 2 rings (SSSR count). The fourth-order valence-corrected chi connectivity index (χ4v) is 2.74. The lowest BCUT2D eigenvalue weighted by molar-refractivity contribution is -0.123. The Labute approximate surface area is 115 Å². The van der Waals surface area contributed by atoms with Crippen molar-refractivity contribution in [1.82, 2.24) is 5.32 Å². The Balaban J connectivity index is 1.73. The van der Waals surface area contributed by atoms with Gasteiger partial charge < -0.3 is 11.1 Å². The molecular weight excluding hydrogens is 236 g/mol. The summed E-state index contributed by atoms with van der Waals surface area (Å²) in [6.07, 6.45) is 4.97. The molecule has 3 heteroatoms. The number of nitrogens with one attached hydrogen (secondary N) is 1. The van der Waals surface area contributed by atoms with Crippen LogP contribution in [0.15, 0.2) is 30.3 Å². The van der Waals surface area contributed by atoms with Crippen LogP contribution in [0.1, 0.15) is 38.2 Å². The summed E-state index contributed by atoms with van der Waals surface area (Å²) in [5.41, 5.74) is 7.20. The van der Waals surface area contributed by atoms with Gasteiger partial charge in [-0.3, -0.25) is 4.79 Å². The molecule has 104 valence electrons. The molecule has 1 aliphatic carbocycles. The van der Waals surface area contributed by atoms with Crippen molar-refractivity contribution in [3.05, 3.63) is 35.9 Å². The molecule has 1 aromatic rings. The molecule has 2 unspecified atom stereocenters. The predicted octanol–water partition coefficient (Wildman–Crippen LogP) is 2.25. The summed E-state index contributed by atoms with van der Waals surface area (Å²) in [7, 11) is 0. The first-order valence-electron chi connectivity index (χ1n) is 7.25. The molecule has 19 heavy (non-hydrogen) atoms. The molecule has 0 radical (unpaired) electrons. The first-order valence-corrected chi connectivity index (χ1v) is 7.25. The van der Waals surface area contributed by atoms with E-state index in [1.165, 1.54) is 12.0 Å². The van der Waals surface area contributed by atoms with Gasteiger partial charge in [0, 0.05) is 6.04 Å². The van der Waals surface area contributed by atoms with E-state index in [2.05, 4.69) is 24.4 Å². The minimum atomic E-state index is -0.392. The fourth-order valence-electron chi connectivity index (χ4n) is 2.74. The molecule has 3 atom stereocenters. The van der Waals surface area contributed by atoms with Gasteiger partial charge in [-0.15, -0.1) is 0 Å². The molecule has 0 aliphatic heterocycles. The zero-order chi connectivity index (χ0) is 13.7. The minimum Gasteiger partial charge on any atom is -0.352 e. The normalized spacial score (nSPS) is 24.1. The van der Waals surface area contributed by atoms with Crippen LogP contribution in [-0.4, -0.2) is 18.0 Å². The van der Waals surface area contributed by atoms with E-state index in [1.807, 2.05) is 18.2 Å². The molecule has 3 nitrogen and oxygen atoms in total. The number of carbonyl (C=O) groups excluding carboxylic acids is 1. The smallest absolute Gasteiger partial charge is 0.237 e. The van der Waals surface area contributed by atoms with Crippen molar-refractivity contribution in [2.24, 2.45) is 11.7 Å². The van der Waals surface area contributed by atoms with Crippen LogP contribution in [-0.2, 0) is 11.2 Å². The fraction of sp³-hybridized carbons (Fsp3) is 0.562. The highest BCUT2D eigenvalue weighted by molar-refractivity contribution is 5.81. The van der Waals surface area contributed by atoms with Gasteiger partial charge in [0.1, 0.15) is 0 Å². The van der Waals surface area contributed by atoms with Gasteiger partial charge in [-0.2, -0.15) is 0 Å². The molecule has 3 N–H and O–H groups in total. The van der Waals surface area contributed by atoms with Gasteiger partial charge in [-0.05, 0) is 43.6 Å². The number of carbonyl (C=O) groups is 1. The Morgan fingerprint density at radius 1 is 1.37 bits per heavy atom. The standard InChI is InChI=1S/C16H24N2O/c1-12-7-9-14(11-12)18-16(19)15(17)10-8-13-5-3-2-4-6-13/h2-6,12,14-15H,7-11,17H2,1H3,(H,18,19)/t12?,14?,15-/m0/s1. The van der Waals surface area contributed by atoms with E-state index in [9.17, 15) is 4.79 Å². The van der Waals surface area contributed by atoms with Gasteiger partial charge in [0.15, 0.2) is 0 Å². The van der Waals surface area contributed by atoms with Crippen LogP contribution in [0.3, 0.4) is 0 Å². The first kappa shape index (κ1) is 14.1. The third kappa shape index (κ3) is 4.35. The maximum atomic E-state index is 12.0.